The highest BCUT2D eigenvalue weighted by atomic mass is 16.5. The number of hydrogen-bond donors (Lipinski definition) is 9. The minimum atomic E-state index is -1.06. The molecule has 4 aliphatic rings. The minimum Gasteiger partial charge on any atom is -0.508 e. The summed E-state index contributed by atoms with van der Waals surface area (Å²) >= 11 is 0. The van der Waals surface area contributed by atoms with Gasteiger partial charge in [0.2, 0.25) is 0 Å². The Kier molecular flexibility index (Phi) is 8.78. The van der Waals surface area contributed by atoms with Gasteiger partial charge >= 0.3 is 0 Å². The van der Waals surface area contributed by atoms with Crippen molar-refractivity contribution in [1.82, 2.24) is 0 Å². The Morgan fingerprint density at radius 1 is 0.471 bits per heavy atom. The van der Waals surface area contributed by atoms with Crippen LogP contribution in [0, 0.1) is 0 Å². The van der Waals surface area contributed by atoms with Gasteiger partial charge in [-0.05, 0) is 124 Å². The van der Waals surface area contributed by atoms with Gasteiger partial charge in [0.25, 0.3) is 0 Å². The summed E-state index contributed by atoms with van der Waals surface area (Å²) in [7, 11) is 0. The van der Waals surface area contributed by atoms with Gasteiger partial charge in [0.1, 0.15) is 75.0 Å². The molecule has 8 aromatic rings. The molecule has 0 saturated carbocycles. The molecule has 0 saturated heterocycles. The third-order valence-corrected chi connectivity index (χ3v) is 13.8. The van der Waals surface area contributed by atoms with Crippen molar-refractivity contribution in [3.8, 4) is 63.1 Å². The third kappa shape index (κ3) is 6.11. The van der Waals surface area contributed by atoms with Crippen molar-refractivity contribution in [1.29, 1.82) is 0 Å². The van der Waals surface area contributed by atoms with E-state index in [1.165, 1.54) is 72.8 Å². The van der Waals surface area contributed by atoms with E-state index >= 15 is 0 Å². The quantitative estimate of drug-likeness (QED) is 0.0787. The van der Waals surface area contributed by atoms with Gasteiger partial charge in [0.05, 0.1) is 5.92 Å². The molecule has 1 aliphatic heterocycles. The first-order valence-corrected chi connectivity index (χ1v) is 21.8. The number of hydrogen-bond acceptors (Lipinski definition) is 12. The summed E-state index contributed by atoms with van der Waals surface area (Å²) in [6.45, 7) is 0. The van der Waals surface area contributed by atoms with Gasteiger partial charge < -0.3 is 55.1 Å². The highest BCUT2D eigenvalue weighted by Gasteiger charge is 2.52. The van der Waals surface area contributed by atoms with Crippen LogP contribution in [0.15, 0.2) is 161 Å². The third-order valence-electron chi connectivity index (χ3n) is 13.8. The Labute approximate surface area is 386 Å². The number of carbonyl (C=O) groups excluding carboxylic acids is 1. The van der Waals surface area contributed by atoms with Crippen LogP contribution >= 0.6 is 0 Å². The largest absolute Gasteiger partial charge is 0.508 e. The Morgan fingerprint density at radius 3 is 1.69 bits per heavy atom. The fourth-order valence-corrected chi connectivity index (χ4v) is 11.3. The van der Waals surface area contributed by atoms with Gasteiger partial charge in [-0.25, -0.2) is 0 Å². The number of rotatable bonds is 5. The van der Waals surface area contributed by atoms with Crippen LogP contribution in [0.3, 0.4) is 0 Å². The zero-order chi connectivity index (χ0) is 46.9. The van der Waals surface area contributed by atoms with E-state index < -0.39 is 35.6 Å². The average Bonchev–Trinajstić information content (AvgIpc) is 3.81. The van der Waals surface area contributed by atoms with Crippen molar-refractivity contribution in [3.63, 3.8) is 0 Å². The predicted molar refractivity (Wildman–Crippen MR) is 250 cm³/mol. The monoisotopic (exact) mass is 902 g/mol. The number of ether oxygens (including phenoxy) is 1. The summed E-state index contributed by atoms with van der Waals surface area (Å²) in [6.07, 6.45) is 1.70. The van der Waals surface area contributed by atoms with Gasteiger partial charge in [0.15, 0.2) is 5.78 Å². The molecule has 1 aromatic heterocycles. The Bertz CT molecular complexity index is 3540. The topological polar surface area (TPSA) is 222 Å². The number of benzene rings is 7. The lowest BCUT2D eigenvalue weighted by Gasteiger charge is -2.38. The van der Waals surface area contributed by atoms with E-state index in [1.807, 2.05) is 0 Å². The number of aliphatic hydroxyl groups is 1. The summed E-state index contributed by atoms with van der Waals surface area (Å²) in [5.41, 5.74) is 6.17. The van der Waals surface area contributed by atoms with Crippen LogP contribution in [-0.4, -0.2) is 51.7 Å². The molecule has 0 fully saturated rings. The van der Waals surface area contributed by atoms with E-state index in [2.05, 4.69) is 0 Å². The molecule has 9 N–H and O–H groups in total. The second-order valence-electron chi connectivity index (χ2n) is 17.7. The number of allylic oxidation sites excluding steroid dienone is 4. The zero-order valence-corrected chi connectivity index (χ0v) is 35.5. The average molecular weight is 903 g/mol. The van der Waals surface area contributed by atoms with Gasteiger partial charge in [-0.1, -0.05) is 36.4 Å². The van der Waals surface area contributed by atoms with Gasteiger partial charge in [-0.3, -0.25) is 4.79 Å². The lowest BCUT2D eigenvalue weighted by molar-refractivity contribution is -0.110. The molecule has 0 spiro atoms. The molecule has 3 aliphatic carbocycles. The van der Waals surface area contributed by atoms with E-state index in [-0.39, 0.29) is 74.2 Å². The number of phenols is 8. The van der Waals surface area contributed by atoms with Gasteiger partial charge in [-0.2, -0.15) is 0 Å². The molecule has 68 heavy (non-hydrogen) atoms. The molecule has 0 amide bonds. The first-order chi connectivity index (χ1) is 32.8. The molecule has 5 atom stereocenters. The maximum absolute atomic E-state index is 13.8. The first kappa shape index (κ1) is 40.5. The van der Waals surface area contributed by atoms with Crippen LogP contribution in [0.5, 0.6) is 51.7 Å². The smallest absolute Gasteiger partial charge is 0.182 e. The molecule has 12 heteroatoms. The number of carbonyl (C=O) groups is 1. The van der Waals surface area contributed by atoms with Crippen LogP contribution < -0.4 is 4.74 Å². The number of aromatic hydroxyl groups is 8. The maximum atomic E-state index is 13.8. The number of ketones is 1. The van der Waals surface area contributed by atoms with Crippen LogP contribution in [0.1, 0.15) is 79.8 Å². The lowest BCUT2D eigenvalue weighted by atomic mass is 9.64. The Balaban J connectivity index is 1.29. The molecular formula is C56H38O12. The first-order valence-electron chi connectivity index (χ1n) is 21.8. The number of aliphatic hydroxyl groups excluding tert-OH is 1. The lowest BCUT2D eigenvalue weighted by Crippen LogP contribution is -2.23. The summed E-state index contributed by atoms with van der Waals surface area (Å²) in [5.74, 6) is -5.07. The molecule has 0 radical (unpaired) electrons. The van der Waals surface area contributed by atoms with Gasteiger partial charge in [0, 0.05) is 80.8 Å². The molecule has 0 bridgehead atoms. The summed E-state index contributed by atoms with van der Waals surface area (Å²) in [4.78, 5) is 13.8. The highest BCUT2D eigenvalue weighted by Crippen LogP contribution is 2.67. The van der Waals surface area contributed by atoms with E-state index in [0.29, 0.717) is 72.3 Å². The van der Waals surface area contributed by atoms with Crippen LogP contribution in [0.2, 0.25) is 0 Å². The molecule has 334 valence electrons. The van der Waals surface area contributed by atoms with E-state index in [0.717, 1.165) is 6.08 Å². The second-order valence-corrected chi connectivity index (χ2v) is 17.7. The number of phenolic OH excluding ortho intramolecular Hbond substituents is 8. The molecule has 12 rings (SSSR count). The van der Waals surface area contributed by atoms with E-state index in [9.17, 15) is 50.8 Å². The van der Waals surface area contributed by atoms with Crippen LogP contribution in [0.4, 0.5) is 0 Å². The van der Waals surface area contributed by atoms with Crippen LogP contribution in [-0.2, 0) is 4.79 Å². The van der Waals surface area contributed by atoms with Crippen LogP contribution in [0.25, 0.3) is 33.4 Å². The highest BCUT2D eigenvalue weighted by molar-refractivity contribution is 6.19. The van der Waals surface area contributed by atoms with Crippen molar-refractivity contribution < 1.29 is 59.9 Å². The van der Waals surface area contributed by atoms with E-state index in [4.69, 9.17) is 9.15 Å². The second kappa shape index (κ2) is 14.7. The van der Waals surface area contributed by atoms with Gasteiger partial charge in [-0.15, -0.1) is 0 Å². The molecule has 2 heterocycles. The minimum absolute atomic E-state index is 0.00367. The molecular weight excluding hydrogens is 865 g/mol. The summed E-state index contributed by atoms with van der Waals surface area (Å²) in [5, 5.41) is 103. The molecule has 0 unspecified atom stereocenters. The predicted octanol–water partition coefficient (Wildman–Crippen LogP) is 10.9. The normalized spacial score (nSPS) is 20.1. The standard InChI is InChI=1S/C56H38O12/c57-29-9-1-25(2-10-29)45-47-37(17-33(61)21-41(47)65)53-49-39(19-35(63)23-43(49)67-55(53)27-5-13-31(59)14-6-27)51(45)52-40-20-36(64)24-44-50(40)54(56(68-44)28-7-15-32(60)16-8-28)38-18-34(62)22-42(66)48(38)46(52)26-3-11-30(58)12-4-26/h1-24,45,51-53,55,57-61,63-66H/t45-,51+,52+,53+,55+/m1/s1. The Hall–Kier alpha value is -9.03. The van der Waals surface area contributed by atoms with Crippen molar-refractivity contribution >= 4 is 27.9 Å². The van der Waals surface area contributed by atoms with Crippen molar-refractivity contribution in [2.75, 3.05) is 0 Å². The summed E-state index contributed by atoms with van der Waals surface area (Å²) in [6, 6.07) is 34.7. The number of fused-ring (bicyclic) bond motifs is 4. The van der Waals surface area contributed by atoms with Crippen molar-refractivity contribution in [2.24, 2.45) is 0 Å². The SMILES string of the molecule is O=C1C=C(O)C2=C(c3ccc(O)cc3)[C@@H]([C@H]3c4cc(O)cc5c4[C@H](c4cc(O)cc(O)c4[C@H]3c3ccc(O)cc3)[C@H](c3ccc(O)cc3)O5)c3cc(O)cc4oc(-c5ccc(O)cc5)c(c34)C2=C1. The fraction of sp³-hybridized carbons (Fsp3) is 0.0893. The number of furan rings is 1. The summed E-state index contributed by atoms with van der Waals surface area (Å²) < 4.78 is 13.5. The molecule has 12 nitrogen and oxygen atoms in total. The zero-order valence-electron chi connectivity index (χ0n) is 35.5. The Morgan fingerprint density at radius 2 is 1.03 bits per heavy atom. The maximum Gasteiger partial charge on any atom is 0.182 e. The fourth-order valence-electron chi connectivity index (χ4n) is 11.3. The van der Waals surface area contributed by atoms with Crippen molar-refractivity contribution in [3.05, 3.63) is 207 Å². The van der Waals surface area contributed by atoms with E-state index in [1.54, 1.807) is 66.7 Å². The van der Waals surface area contributed by atoms with Crippen molar-refractivity contribution in [2.45, 2.75) is 29.8 Å². The molecule has 7 aromatic carbocycles.